The van der Waals surface area contributed by atoms with Crippen molar-refractivity contribution in [2.24, 2.45) is 0 Å². The van der Waals surface area contributed by atoms with Gasteiger partial charge in [-0.2, -0.15) is 4.39 Å². The molecule has 2 heterocycles. The van der Waals surface area contributed by atoms with Crippen LogP contribution in [0.15, 0.2) is 18.3 Å². The lowest BCUT2D eigenvalue weighted by molar-refractivity contribution is 0.248. The van der Waals surface area contributed by atoms with Crippen LogP contribution in [0.4, 0.5) is 10.1 Å². The number of rotatable bonds is 2. The normalized spacial score (nSPS) is 22.4. The van der Waals surface area contributed by atoms with E-state index in [1.807, 2.05) is 6.07 Å². The molecule has 16 heavy (non-hydrogen) atoms. The van der Waals surface area contributed by atoms with Crippen LogP contribution in [0.3, 0.4) is 0 Å². The molecule has 1 saturated carbocycles. The molecule has 1 aromatic rings. The molecule has 0 amide bonds. The van der Waals surface area contributed by atoms with Gasteiger partial charge in [0.2, 0.25) is 5.95 Å². The summed E-state index contributed by atoms with van der Waals surface area (Å²) in [5, 5.41) is 0. The molecule has 0 unspecified atom stereocenters. The van der Waals surface area contributed by atoms with Crippen LogP contribution < -0.4 is 4.90 Å². The number of halogens is 1. The van der Waals surface area contributed by atoms with Gasteiger partial charge in [0.25, 0.3) is 0 Å². The molecule has 0 spiro atoms. The summed E-state index contributed by atoms with van der Waals surface area (Å²) in [7, 11) is 0. The molecule has 1 saturated heterocycles. The van der Waals surface area contributed by atoms with Gasteiger partial charge in [-0.15, -0.1) is 0 Å². The Labute approximate surface area is 94.9 Å². The smallest absolute Gasteiger partial charge is 0.214 e. The van der Waals surface area contributed by atoms with E-state index in [-0.39, 0.29) is 5.95 Å². The first kappa shape index (κ1) is 10.0. The molecule has 86 valence electrons. The van der Waals surface area contributed by atoms with E-state index in [4.69, 9.17) is 0 Å². The second-order valence-corrected chi connectivity index (χ2v) is 4.59. The van der Waals surface area contributed by atoms with Crippen molar-refractivity contribution in [2.75, 3.05) is 31.1 Å². The minimum absolute atomic E-state index is 0.387. The Bertz CT molecular complexity index is 370. The van der Waals surface area contributed by atoms with E-state index in [0.29, 0.717) is 0 Å². The molecule has 1 aromatic heterocycles. The highest BCUT2D eigenvalue weighted by Gasteiger charge is 2.31. The lowest BCUT2D eigenvalue weighted by atomic mass is 10.2. The number of hydrogen-bond acceptors (Lipinski definition) is 3. The summed E-state index contributed by atoms with van der Waals surface area (Å²) in [4.78, 5) is 8.37. The third-order valence-corrected chi connectivity index (χ3v) is 3.45. The molecule has 1 aliphatic carbocycles. The number of nitrogens with zero attached hydrogens (tertiary/aromatic N) is 3. The van der Waals surface area contributed by atoms with Crippen molar-refractivity contribution in [1.82, 2.24) is 9.88 Å². The molecule has 4 heteroatoms. The van der Waals surface area contributed by atoms with Crippen LogP contribution in [-0.2, 0) is 0 Å². The molecule has 3 nitrogen and oxygen atoms in total. The summed E-state index contributed by atoms with van der Waals surface area (Å²) in [5.74, 6) is -0.387. The Balaban J connectivity index is 1.64. The van der Waals surface area contributed by atoms with Crippen LogP contribution in [-0.4, -0.2) is 42.1 Å². The number of hydrogen-bond donors (Lipinski definition) is 0. The Morgan fingerprint density at radius 2 is 1.94 bits per heavy atom. The van der Waals surface area contributed by atoms with Gasteiger partial charge in [0.05, 0.1) is 0 Å². The fraction of sp³-hybridized carbons (Fsp3) is 0.583. The summed E-state index contributed by atoms with van der Waals surface area (Å²) < 4.78 is 13.0. The summed E-state index contributed by atoms with van der Waals surface area (Å²) in [6.07, 6.45) is 4.27. The van der Waals surface area contributed by atoms with Crippen LogP contribution in [0.2, 0.25) is 0 Å². The SMILES string of the molecule is Fc1cc(N2CCN(C3CC3)CC2)ccn1. The minimum Gasteiger partial charge on any atom is -0.369 e. The number of piperazine rings is 1. The summed E-state index contributed by atoms with van der Waals surface area (Å²) in [6, 6.07) is 4.25. The lowest BCUT2D eigenvalue weighted by Crippen LogP contribution is -2.47. The van der Waals surface area contributed by atoms with Crippen LogP contribution in [0.5, 0.6) is 0 Å². The summed E-state index contributed by atoms with van der Waals surface area (Å²) >= 11 is 0. The van der Waals surface area contributed by atoms with Crippen molar-refractivity contribution in [3.05, 3.63) is 24.3 Å². The molecule has 0 bridgehead atoms. The van der Waals surface area contributed by atoms with E-state index in [1.54, 1.807) is 0 Å². The molecular weight excluding hydrogens is 205 g/mol. The highest BCUT2D eigenvalue weighted by atomic mass is 19.1. The maximum atomic E-state index is 13.0. The Morgan fingerprint density at radius 1 is 1.19 bits per heavy atom. The van der Waals surface area contributed by atoms with E-state index in [1.165, 1.54) is 25.1 Å². The molecule has 2 aliphatic rings. The molecular formula is C12H16FN3. The zero-order valence-electron chi connectivity index (χ0n) is 9.27. The van der Waals surface area contributed by atoms with Crippen molar-refractivity contribution in [2.45, 2.75) is 18.9 Å². The number of anilines is 1. The average molecular weight is 221 g/mol. The number of aromatic nitrogens is 1. The quantitative estimate of drug-likeness (QED) is 0.706. The maximum Gasteiger partial charge on any atom is 0.214 e. The molecule has 3 rings (SSSR count). The van der Waals surface area contributed by atoms with Gasteiger partial charge >= 0.3 is 0 Å². The largest absolute Gasteiger partial charge is 0.369 e. The van der Waals surface area contributed by atoms with Crippen LogP contribution in [0.1, 0.15) is 12.8 Å². The van der Waals surface area contributed by atoms with Gasteiger partial charge in [0, 0.05) is 50.2 Å². The van der Waals surface area contributed by atoms with Crippen LogP contribution in [0.25, 0.3) is 0 Å². The van der Waals surface area contributed by atoms with E-state index in [9.17, 15) is 4.39 Å². The second kappa shape index (κ2) is 4.01. The number of pyridine rings is 1. The van der Waals surface area contributed by atoms with Gasteiger partial charge in [0.1, 0.15) is 0 Å². The third kappa shape index (κ3) is 2.02. The lowest BCUT2D eigenvalue weighted by Gasteiger charge is -2.36. The zero-order chi connectivity index (χ0) is 11.0. The molecule has 0 N–H and O–H groups in total. The molecule has 2 fully saturated rings. The van der Waals surface area contributed by atoms with Gasteiger partial charge in [0.15, 0.2) is 0 Å². The summed E-state index contributed by atoms with van der Waals surface area (Å²) in [5.41, 5.74) is 0.961. The fourth-order valence-corrected chi connectivity index (χ4v) is 2.37. The predicted molar refractivity (Wildman–Crippen MR) is 61.0 cm³/mol. The monoisotopic (exact) mass is 221 g/mol. The van der Waals surface area contributed by atoms with Crippen molar-refractivity contribution < 1.29 is 4.39 Å². The van der Waals surface area contributed by atoms with E-state index in [0.717, 1.165) is 37.9 Å². The zero-order valence-corrected chi connectivity index (χ0v) is 9.27. The van der Waals surface area contributed by atoms with E-state index in [2.05, 4.69) is 14.8 Å². The average Bonchev–Trinajstić information content (AvgIpc) is 3.13. The van der Waals surface area contributed by atoms with Crippen molar-refractivity contribution in [3.8, 4) is 0 Å². The maximum absolute atomic E-state index is 13.0. The Kier molecular flexibility index (Phi) is 2.52. The van der Waals surface area contributed by atoms with Crippen LogP contribution >= 0.6 is 0 Å². The van der Waals surface area contributed by atoms with Gasteiger partial charge in [-0.05, 0) is 18.9 Å². The van der Waals surface area contributed by atoms with Crippen LogP contribution in [0, 0.1) is 5.95 Å². The Hall–Kier alpha value is -1.16. The van der Waals surface area contributed by atoms with Crippen molar-refractivity contribution in [1.29, 1.82) is 0 Å². The third-order valence-electron chi connectivity index (χ3n) is 3.45. The standard InChI is InChI=1S/C12H16FN3/c13-12-9-11(3-4-14-12)16-7-5-15(6-8-16)10-1-2-10/h3-4,9-10H,1-2,5-8H2. The summed E-state index contributed by atoms with van der Waals surface area (Å²) in [6.45, 7) is 4.21. The highest BCUT2D eigenvalue weighted by molar-refractivity contribution is 5.45. The van der Waals surface area contributed by atoms with E-state index < -0.39 is 0 Å². The topological polar surface area (TPSA) is 19.4 Å². The Morgan fingerprint density at radius 3 is 2.56 bits per heavy atom. The molecule has 0 atom stereocenters. The molecule has 0 radical (unpaired) electrons. The van der Waals surface area contributed by atoms with Crippen molar-refractivity contribution >= 4 is 5.69 Å². The minimum atomic E-state index is -0.387. The van der Waals surface area contributed by atoms with Gasteiger partial charge < -0.3 is 4.90 Å². The predicted octanol–water partition coefficient (Wildman–Crippen LogP) is 1.51. The fourth-order valence-electron chi connectivity index (χ4n) is 2.37. The van der Waals surface area contributed by atoms with E-state index >= 15 is 0 Å². The van der Waals surface area contributed by atoms with Gasteiger partial charge in [-0.3, -0.25) is 4.90 Å². The van der Waals surface area contributed by atoms with Gasteiger partial charge in [-0.25, -0.2) is 4.98 Å². The molecule has 0 aromatic carbocycles. The first-order valence-corrected chi connectivity index (χ1v) is 5.93. The highest BCUT2D eigenvalue weighted by Crippen LogP contribution is 2.28. The first-order valence-electron chi connectivity index (χ1n) is 5.93. The second-order valence-electron chi connectivity index (χ2n) is 4.59. The first-order chi connectivity index (χ1) is 7.83. The van der Waals surface area contributed by atoms with Gasteiger partial charge in [-0.1, -0.05) is 0 Å². The van der Waals surface area contributed by atoms with Crippen molar-refractivity contribution in [3.63, 3.8) is 0 Å². The molecule has 1 aliphatic heterocycles.